The van der Waals surface area contributed by atoms with Crippen LogP contribution in [0.1, 0.15) is 143 Å². The summed E-state index contributed by atoms with van der Waals surface area (Å²) in [6, 6.07) is 0. The summed E-state index contributed by atoms with van der Waals surface area (Å²) in [6.45, 7) is 9.40. The highest BCUT2D eigenvalue weighted by Crippen LogP contribution is 2.61. The fourth-order valence-corrected chi connectivity index (χ4v) is 9.44. The Morgan fingerprint density at radius 1 is 0.321 bits per heavy atom. The van der Waals surface area contributed by atoms with Crippen LogP contribution in [0.2, 0.25) is 0 Å². The average molecular weight is 480 g/mol. The summed E-state index contributed by atoms with van der Waals surface area (Å²) >= 11 is 0. The smallest absolute Gasteiger partial charge is 0.0594 e. The molecular formula is C26H56BrP. The third kappa shape index (κ3) is 18.9. The van der Waals surface area contributed by atoms with Gasteiger partial charge in [0.15, 0.2) is 0 Å². The van der Waals surface area contributed by atoms with Crippen LogP contribution in [-0.2, 0) is 0 Å². The second kappa shape index (κ2) is 24.2. The molecule has 0 N–H and O–H groups in total. The standard InChI is InChI=1S/C26H56P.BrH/c1-5-9-13-17-18-22-26-27(23-19-14-10-6-2,24-20-15-11-7-3)25-21-16-12-8-4;/h5-26H2,1-4H3;1H/q+1;/p-1. The largest absolute Gasteiger partial charge is 1.00 e. The Kier molecular flexibility index (Phi) is 26.9. The van der Waals surface area contributed by atoms with Crippen molar-refractivity contribution in [3.8, 4) is 0 Å². The molecule has 0 fully saturated rings. The molecule has 0 spiro atoms. The van der Waals surface area contributed by atoms with Crippen molar-refractivity contribution in [2.75, 3.05) is 24.6 Å². The van der Waals surface area contributed by atoms with Crippen molar-refractivity contribution in [2.45, 2.75) is 143 Å². The molecule has 0 rings (SSSR count). The van der Waals surface area contributed by atoms with Crippen LogP contribution in [0.5, 0.6) is 0 Å². The minimum atomic E-state index is -0.672. The van der Waals surface area contributed by atoms with Crippen molar-refractivity contribution in [1.82, 2.24) is 0 Å². The van der Waals surface area contributed by atoms with Gasteiger partial charge in [0.05, 0.1) is 24.6 Å². The SMILES string of the molecule is CCCCCCCC[P+](CCCCCC)(CCCCCC)CCCCCC.[Br-]. The zero-order valence-corrected chi connectivity index (χ0v) is 22.9. The van der Waals surface area contributed by atoms with Gasteiger partial charge in [0.25, 0.3) is 0 Å². The molecular weight excluding hydrogens is 423 g/mol. The van der Waals surface area contributed by atoms with Crippen LogP contribution in [0.25, 0.3) is 0 Å². The first-order valence-electron chi connectivity index (χ1n) is 13.1. The predicted octanol–water partition coefficient (Wildman–Crippen LogP) is 7.11. The molecule has 172 valence electrons. The Hall–Kier alpha value is 0.910. The average Bonchev–Trinajstić information content (AvgIpc) is 2.68. The van der Waals surface area contributed by atoms with E-state index >= 15 is 0 Å². The van der Waals surface area contributed by atoms with Crippen molar-refractivity contribution in [3.63, 3.8) is 0 Å². The third-order valence-electron chi connectivity index (χ3n) is 6.44. The van der Waals surface area contributed by atoms with Crippen LogP contribution in [-0.4, -0.2) is 24.6 Å². The minimum absolute atomic E-state index is 0. The lowest BCUT2D eigenvalue weighted by atomic mass is 10.1. The first-order valence-corrected chi connectivity index (χ1v) is 15.6. The van der Waals surface area contributed by atoms with E-state index in [2.05, 4.69) is 27.7 Å². The van der Waals surface area contributed by atoms with E-state index < -0.39 is 7.26 Å². The molecule has 0 aromatic heterocycles. The zero-order chi connectivity index (χ0) is 20.1. The molecule has 0 nitrogen and oxygen atoms in total. The van der Waals surface area contributed by atoms with Gasteiger partial charge in [-0.1, -0.05) is 91.9 Å². The molecule has 0 aromatic carbocycles. The van der Waals surface area contributed by atoms with Gasteiger partial charge in [0, 0.05) is 7.26 Å². The molecule has 0 bridgehead atoms. The van der Waals surface area contributed by atoms with Crippen LogP contribution >= 0.6 is 7.26 Å². The van der Waals surface area contributed by atoms with Gasteiger partial charge in [0.2, 0.25) is 0 Å². The van der Waals surface area contributed by atoms with Gasteiger partial charge in [-0.2, -0.15) is 0 Å². The summed E-state index contributed by atoms with van der Waals surface area (Å²) in [5.74, 6) is 0. The van der Waals surface area contributed by atoms with E-state index in [0.29, 0.717) is 0 Å². The van der Waals surface area contributed by atoms with E-state index in [0.717, 1.165) is 0 Å². The van der Waals surface area contributed by atoms with Crippen LogP contribution in [0, 0.1) is 0 Å². The molecule has 0 saturated carbocycles. The van der Waals surface area contributed by atoms with Gasteiger partial charge >= 0.3 is 0 Å². The van der Waals surface area contributed by atoms with Gasteiger partial charge in [-0.25, -0.2) is 0 Å². The van der Waals surface area contributed by atoms with Crippen molar-refractivity contribution < 1.29 is 17.0 Å². The highest BCUT2D eigenvalue weighted by atomic mass is 79.9. The fraction of sp³-hybridized carbons (Fsp3) is 1.00. The number of halogens is 1. The van der Waals surface area contributed by atoms with Crippen molar-refractivity contribution in [1.29, 1.82) is 0 Å². The molecule has 2 heteroatoms. The Morgan fingerprint density at radius 3 is 0.821 bits per heavy atom. The summed E-state index contributed by atoms with van der Waals surface area (Å²) < 4.78 is 0. The van der Waals surface area contributed by atoms with Crippen LogP contribution in [0.4, 0.5) is 0 Å². The predicted molar refractivity (Wildman–Crippen MR) is 132 cm³/mol. The quantitative estimate of drug-likeness (QED) is 0.115. The lowest BCUT2D eigenvalue weighted by Gasteiger charge is -2.28. The molecule has 0 aliphatic rings. The van der Waals surface area contributed by atoms with E-state index in [4.69, 9.17) is 0 Å². The van der Waals surface area contributed by atoms with E-state index in [1.807, 2.05) is 0 Å². The maximum atomic E-state index is 2.36. The molecule has 0 amide bonds. The van der Waals surface area contributed by atoms with Crippen LogP contribution in [0.3, 0.4) is 0 Å². The van der Waals surface area contributed by atoms with Crippen LogP contribution in [0.15, 0.2) is 0 Å². The van der Waals surface area contributed by atoms with Crippen molar-refractivity contribution in [3.05, 3.63) is 0 Å². The van der Waals surface area contributed by atoms with Gasteiger partial charge < -0.3 is 17.0 Å². The number of hydrogen-bond acceptors (Lipinski definition) is 0. The van der Waals surface area contributed by atoms with E-state index in [-0.39, 0.29) is 17.0 Å². The monoisotopic (exact) mass is 478 g/mol. The van der Waals surface area contributed by atoms with Gasteiger partial charge in [-0.15, -0.1) is 0 Å². The summed E-state index contributed by atoms with van der Waals surface area (Å²) in [6.07, 6.45) is 33.1. The summed E-state index contributed by atoms with van der Waals surface area (Å²) in [5, 5.41) is 0. The highest BCUT2D eigenvalue weighted by Gasteiger charge is 2.34. The summed E-state index contributed by atoms with van der Waals surface area (Å²) in [5.41, 5.74) is 0. The molecule has 0 saturated heterocycles. The summed E-state index contributed by atoms with van der Waals surface area (Å²) in [4.78, 5) is 0. The van der Waals surface area contributed by atoms with Gasteiger partial charge in [-0.05, 0) is 51.4 Å². The molecule has 0 aromatic rings. The maximum absolute atomic E-state index is 2.36. The molecule has 0 heterocycles. The first kappa shape index (κ1) is 31.1. The molecule has 0 atom stereocenters. The summed E-state index contributed by atoms with van der Waals surface area (Å²) in [7, 11) is -0.672. The Morgan fingerprint density at radius 2 is 0.536 bits per heavy atom. The van der Waals surface area contributed by atoms with Crippen molar-refractivity contribution in [2.24, 2.45) is 0 Å². The zero-order valence-electron chi connectivity index (χ0n) is 20.4. The lowest BCUT2D eigenvalue weighted by Crippen LogP contribution is -3.00. The van der Waals surface area contributed by atoms with Crippen molar-refractivity contribution >= 4 is 7.26 Å². The molecule has 28 heavy (non-hydrogen) atoms. The van der Waals surface area contributed by atoms with Gasteiger partial charge in [-0.3, -0.25) is 0 Å². The second-order valence-corrected chi connectivity index (χ2v) is 13.7. The van der Waals surface area contributed by atoms with E-state index in [9.17, 15) is 0 Å². The normalized spacial score (nSPS) is 11.6. The number of hydrogen-bond donors (Lipinski definition) is 0. The van der Waals surface area contributed by atoms with E-state index in [1.165, 1.54) is 89.9 Å². The molecule has 0 aliphatic heterocycles. The van der Waals surface area contributed by atoms with Gasteiger partial charge in [0.1, 0.15) is 0 Å². The molecule has 0 unspecified atom stereocenters. The Balaban J connectivity index is 0. The topological polar surface area (TPSA) is 0 Å². The first-order chi connectivity index (χ1) is 13.2. The minimum Gasteiger partial charge on any atom is -1.00 e. The maximum Gasteiger partial charge on any atom is 0.0594 e. The Bertz CT molecular complexity index is 248. The molecule has 0 aliphatic carbocycles. The molecule has 0 radical (unpaired) electrons. The third-order valence-corrected chi connectivity index (χ3v) is 11.5. The second-order valence-electron chi connectivity index (χ2n) is 9.19. The number of rotatable bonds is 22. The fourth-order valence-electron chi connectivity index (χ4n) is 4.52. The lowest BCUT2D eigenvalue weighted by molar-refractivity contribution is -0.00000623. The highest BCUT2D eigenvalue weighted by molar-refractivity contribution is 7.75. The van der Waals surface area contributed by atoms with Crippen LogP contribution < -0.4 is 17.0 Å². The Labute approximate surface area is 191 Å². The van der Waals surface area contributed by atoms with E-state index in [1.54, 1.807) is 50.3 Å². The number of unbranched alkanes of at least 4 members (excludes halogenated alkanes) is 14.